The minimum atomic E-state index is -0.666. The Bertz CT molecular complexity index is 966. The van der Waals surface area contributed by atoms with E-state index in [0.717, 1.165) is 65.3 Å². The number of rotatable bonds is 6. The van der Waals surface area contributed by atoms with Crippen LogP contribution in [0.1, 0.15) is 60.2 Å². The minimum absolute atomic E-state index is 0.272. The van der Waals surface area contributed by atoms with Crippen molar-refractivity contribution >= 4 is 12.0 Å². The maximum Gasteiger partial charge on any atom is 0.513 e. The lowest BCUT2D eigenvalue weighted by Gasteiger charge is -2.38. The van der Waals surface area contributed by atoms with Crippen molar-refractivity contribution < 1.29 is 19.0 Å². The van der Waals surface area contributed by atoms with E-state index in [2.05, 4.69) is 36.3 Å². The predicted molar refractivity (Wildman–Crippen MR) is 122 cm³/mol. The molecular weight excluding hydrogens is 392 g/mol. The van der Waals surface area contributed by atoms with Crippen LogP contribution in [0.4, 0.5) is 10.6 Å². The van der Waals surface area contributed by atoms with E-state index in [9.17, 15) is 4.79 Å². The summed E-state index contributed by atoms with van der Waals surface area (Å²) in [4.78, 5) is 16.4. The molecule has 0 spiro atoms. The molecule has 1 aromatic carbocycles. The molecule has 1 atom stereocenters. The molecule has 6 heteroatoms. The van der Waals surface area contributed by atoms with Crippen LogP contribution < -0.4 is 14.8 Å². The topological polar surface area (TPSA) is 69.7 Å². The van der Waals surface area contributed by atoms with Crippen molar-refractivity contribution in [2.75, 3.05) is 18.5 Å². The van der Waals surface area contributed by atoms with Crippen molar-refractivity contribution in [3.05, 3.63) is 45.6 Å². The number of nitrogens with one attached hydrogen (secondary N) is 1. The number of fused-ring (bicyclic) bond motifs is 1. The maximum atomic E-state index is 11.9. The summed E-state index contributed by atoms with van der Waals surface area (Å²) in [7, 11) is 0. The summed E-state index contributed by atoms with van der Waals surface area (Å²) in [6, 6.07) is 4.13. The molecule has 6 nitrogen and oxygen atoms in total. The van der Waals surface area contributed by atoms with E-state index in [-0.39, 0.29) is 12.2 Å². The van der Waals surface area contributed by atoms with Gasteiger partial charge in [0.05, 0.1) is 6.61 Å². The van der Waals surface area contributed by atoms with Crippen LogP contribution in [0, 0.1) is 34.6 Å². The Morgan fingerprint density at radius 1 is 1.16 bits per heavy atom. The zero-order valence-corrected chi connectivity index (χ0v) is 19.8. The summed E-state index contributed by atoms with van der Waals surface area (Å²) < 4.78 is 17.1. The predicted octanol–water partition coefficient (Wildman–Crippen LogP) is 5.74. The van der Waals surface area contributed by atoms with Gasteiger partial charge in [0.2, 0.25) is 0 Å². The van der Waals surface area contributed by atoms with Crippen molar-refractivity contribution in [1.82, 2.24) is 4.98 Å². The van der Waals surface area contributed by atoms with Gasteiger partial charge in [-0.1, -0.05) is 0 Å². The maximum absolute atomic E-state index is 11.9. The smallest absolute Gasteiger partial charge is 0.487 e. The Kier molecular flexibility index (Phi) is 6.77. The summed E-state index contributed by atoms with van der Waals surface area (Å²) in [5.41, 5.74) is 5.92. The summed E-state index contributed by atoms with van der Waals surface area (Å²) in [6.07, 6.45) is 1.96. The van der Waals surface area contributed by atoms with Crippen molar-refractivity contribution in [3.63, 3.8) is 0 Å². The number of aryl methyl sites for hydroxylation is 2. The number of aromatic nitrogens is 1. The Morgan fingerprint density at radius 3 is 2.58 bits per heavy atom. The van der Waals surface area contributed by atoms with Gasteiger partial charge in [0.25, 0.3) is 0 Å². The zero-order chi connectivity index (χ0) is 22.8. The highest BCUT2D eigenvalue weighted by atomic mass is 16.7. The number of carbonyl (C=O) groups excluding carboxylic acids is 1. The molecule has 1 aliphatic heterocycles. The molecule has 31 heavy (non-hydrogen) atoms. The summed E-state index contributed by atoms with van der Waals surface area (Å²) >= 11 is 0. The molecule has 0 aliphatic carbocycles. The summed E-state index contributed by atoms with van der Waals surface area (Å²) in [5, 5.41) is 3.44. The van der Waals surface area contributed by atoms with E-state index in [1.165, 1.54) is 5.56 Å². The number of hydrogen-bond acceptors (Lipinski definition) is 6. The second-order valence-electron chi connectivity index (χ2n) is 8.70. The summed E-state index contributed by atoms with van der Waals surface area (Å²) in [6.45, 7) is 15.0. The Morgan fingerprint density at radius 2 is 1.90 bits per heavy atom. The number of anilines is 1. The highest BCUT2D eigenvalue weighted by Gasteiger charge is 2.34. The fourth-order valence-electron chi connectivity index (χ4n) is 4.23. The number of nitrogens with zero attached hydrogens (tertiary/aromatic N) is 1. The number of hydrogen-bond donors (Lipinski definition) is 1. The zero-order valence-electron chi connectivity index (χ0n) is 19.8. The molecule has 1 N–H and O–H groups in total. The molecule has 0 saturated carbocycles. The van der Waals surface area contributed by atoms with Gasteiger partial charge in [0.1, 0.15) is 22.9 Å². The average molecular weight is 427 g/mol. The van der Waals surface area contributed by atoms with E-state index >= 15 is 0 Å². The van der Waals surface area contributed by atoms with Crippen LogP contribution in [-0.2, 0) is 11.2 Å². The van der Waals surface area contributed by atoms with Gasteiger partial charge in [0.15, 0.2) is 0 Å². The fourth-order valence-corrected chi connectivity index (χ4v) is 4.23. The third-order valence-electron chi connectivity index (χ3n) is 6.07. The van der Waals surface area contributed by atoms with Crippen molar-refractivity contribution in [3.8, 4) is 11.5 Å². The lowest BCUT2D eigenvalue weighted by Crippen LogP contribution is -2.39. The van der Waals surface area contributed by atoms with Crippen molar-refractivity contribution in [2.24, 2.45) is 0 Å². The van der Waals surface area contributed by atoms with E-state index < -0.39 is 6.16 Å². The van der Waals surface area contributed by atoms with Crippen LogP contribution in [-0.4, -0.2) is 29.9 Å². The van der Waals surface area contributed by atoms with Crippen molar-refractivity contribution in [2.45, 2.75) is 73.3 Å². The molecule has 168 valence electrons. The van der Waals surface area contributed by atoms with Crippen LogP contribution in [0.2, 0.25) is 0 Å². The monoisotopic (exact) mass is 426 g/mol. The number of benzene rings is 1. The first-order chi connectivity index (χ1) is 14.6. The highest BCUT2D eigenvalue weighted by molar-refractivity contribution is 5.68. The van der Waals surface area contributed by atoms with Crippen LogP contribution >= 0.6 is 0 Å². The number of ether oxygens (including phenoxy) is 3. The number of pyridine rings is 1. The van der Waals surface area contributed by atoms with Gasteiger partial charge in [-0.05, 0) is 95.7 Å². The summed E-state index contributed by atoms with van der Waals surface area (Å²) in [5.74, 6) is 2.41. The molecule has 1 aliphatic rings. The van der Waals surface area contributed by atoms with E-state index in [1.807, 2.05) is 27.7 Å². The molecule has 2 heterocycles. The molecule has 0 saturated heterocycles. The van der Waals surface area contributed by atoms with Gasteiger partial charge in [-0.25, -0.2) is 9.78 Å². The first-order valence-electron chi connectivity index (χ1n) is 11.0. The Balaban J connectivity index is 1.75. The molecule has 3 rings (SSSR count). The lowest BCUT2D eigenvalue weighted by atomic mass is 9.85. The molecule has 1 unspecified atom stereocenters. The molecule has 0 amide bonds. The molecule has 1 aromatic heterocycles. The first-order valence-corrected chi connectivity index (χ1v) is 11.0. The second-order valence-corrected chi connectivity index (χ2v) is 8.70. The average Bonchev–Trinajstić information content (AvgIpc) is 2.69. The van der Waals surface area contributed by atoms with Crippen LogP contribution in [0.25, 0.3) is 0 Å². The normalized spacial score (nSPS) is 17.5. The Hall–Kier alpha value is -2.76. The fraction of sp³-hybridized carbons (Fsp3) is 0.520. The third kappa shape index (κ3) is 5.12. The van der Waals surface area contributed by atoms with Gasteiger partial charge in [-0.3, -0.25) is 0 Å². The molecule has 0 radical (unpaired) electrons. The lowest BCUT2D eigenvalue weighted by molar-refractivity contribution is 0.0581. The first kappa shape index (κ1) is 22.9. The van der Waals surface area contributed by atoms with Gasteiger partial charge in [-0.2, -0.15) is 0 Å². The molecule has 0 bridgehead atoms. The second kappa shape index (κ2) is 9.16. The van der Waals surface area contributed by atoms with E-state index in [4.69, 9.17) is 14.2 Å². The van der Waals surface area contributed by atoms with Crippen molar-refractivity contribution in [1.29, 1.82) is 0 Å². The SMILES string of the molecule is CCOC(=O)Oc1c(C)c(C)c2c(c1C)CCC(C)(CCNc1cc(C)cc(C)n1)O2. The minimum Gasteiger partial charge on any atom is -0.487 e. The number of carbonyl (C=O) groups is 1. The van der Waals surface area contributed by atoms with Crippen LogP contribution in [0.15, 0.2) is 12.1 Å². The van der Waals surface area contributed by atoms with E-state index in [1.54, 1.807) is 6.92 Å². The molecular formula is C25H34N2O4. The Labute approximate surface area is 185 Å². The van der Waals surface area contributed by atoms with E-state index in [0.29, 0.717) is 5.75 Å². The molecule has 2 aromatic rings. The van der Waals surface area contributed by atoms with Crippen LogP contribution in [0.5, 0.6) is 11.5 Å². The largest absolute Gasteiger partial charge is 0.513 e. The quantitative estimate of drug-likeness (QED) is 0.469. The molecule has 0 fully saturated rings. The standard InChI is InChI=1S/C25H34N2O4/c1-8-29-24(28)30-22-17(4)18(5)23-20(19(22)6)9-10-25(7,31-23)11-12-26-21-14-15(2)13-16(3)27-21/h13-14H,8-12H2,1-7H3,(H,26,27). The highest BCUT2D eigenvalue weighted by Crippen LogP contribution is 2.44. The third-order valence-corrected chi connectivity index (χ3v) is 6.07. The van der Waals surface area contributed by atoms with Crippen LogP contribution in [0.3, 0.4) is 0 Å². The van der Waals surface area contributed by atoms with Gasteiger partial charge in [0, 0.05) is 24.2 Å². The van der Waals surface area contributed by atoms with Gasteiger partial charge >= 0.3 is 6.16 Å². The van der Waals surface area contributed by atoms with Gasteiger partial charge in [-0.15, -0.1) is 0 Å². The van der Waals surface area contributed by atoms with Gasteiger partial charge < -0.3 is 19.5 Å².